The van der Waals surface area contributed by atoms with E-state index in [1.165, 1.54) is 22.2 Å². The van der Waals surface area contributed by atoms with Gasteiger partial charge in [0.25, 0.3) is 0 Å². The van der Waals surface area contributed by atoms with Crippen LogP contribution in [0.5, 0.6) is 0 Å². The van der Waals surface area contributed by atoms with Crippen molar-refractivity contribution in [1.82, 2.24) is 24.4 Å². The second-order valence-electron chi connectivity index (χ2n) is 4.39. The molecule has 0 saturated carbocycles. The predicted octanol–water partition coefficient (Wildman–Crippen LogP) is 1.36. The summed E-state index contributed by atoms with van der Waals surface area (Å²) in [6.45, 7) is 3.59. The van der Waals surface area contributed by atoms with Gasteiger partial charge in [0, 0.05) is 25.7 Å². The molecule has 3 aromatic heterocycles. The number of aromatic nitrogens is 5. The van der Waals surface area contributed by atoms with Crippen LogP contribution >= 0.6 is 11.3 Å². The molecule has 0 aromatic carbocycles. The minimum atomic E-state index is -1.04. The SMILES string of the molecule is CCn1ccc(CCNc2nn3cnc(C(=O)O)c3s2)n1. The smallest absolute Gasteiger partial charge is 0.357 e. The van der Waals surface area contributed by atoms with Gasteiger partial charge in [-0.2, -0.15) is 5.10 Å². The number of imidazole rings is 1. The summed E-state index contributed by atoms with van der Waals surface area (Å²) in [6.07, 6.45) is 4.14. The number of hydrogen-bond acceptors (Lipinski definition) is 6. The molecule has 3 heterocycles. The summed E-state index contributed by atoms with van der Waals surface area (Å²) in [7, 11) is 0. The van der Waals surface area contributed by atoms with E-state index in [1.807, 2.05) is 23.9 Å². The molecule has 0 unspecified atom stereocenters. The fourth-order valence-corrected chi connectivity index (χ4v) is 2.84. The summed E-state index contributed by atoms with van der Waals surface area (Å²) in [5.74, 6) is -1.04. The summed E-state index contributed by atoms with van der Waals surface area (Å²) in [5.41, 5.74) is 1.04. The molecule has 0 aliphatic heterocycles. The Balaban J connectivity index is 1.64. The first-order chi connectivity index (χ1) is 10.2. The van der Waals surface area contributed by atoms with Crippen molar-refractivity contribution < 1.29 is 9.90 Å². The largest absolute Gasteiger partial charge is 0.476 e. The molecular weight excluding hydrogens is 292 g/mol. The quantitative estimate of drug-likeness (QED) is 0.713. The van der Waals surface area contributed by atoms with E-state index < -0.39 is 5.97 Å². The average Bonchev–Trinajstić information content (AvgIpc) is 3.12. The zero-order chi connectivity index (χ0) is 14.8. The monoisotopic (exact) mass is 306 g/mol. The average molecular weight is 306 g/mol. The Hall–Kier alpha value is -2.42. The molecule has 0 saturated heterocycles. The Labute approximate surface area is 124 Å². The third-order valence-corrected chi connectivity index (χ3v) is 3.97. The van der Waals surface area contributed by atoms with Crippen LogP contribution in [0.4, 0.5) is 5.13 Å². The van der Waals surface area contributed by atoms with Gasteiger partial charge in [0.1, 0.15) is 6.33 Å². The highest BCUT2D eigenvalue weighted by Crippen LogP contribution is 2.22. The van der Waals surface area contributed by atoms with Crippen LogP contribution in [0.3, 0.4) is 0 Å². The summed E-state index contributed by atoms with van der Waals surface area (Å²) < 4.78 is 3.36. The number of hydrogen-bond donors (Lipinski definition) is 2. The lowest BCUT2D eigenvalue weighted by molar-refractivity contribution is 0.0693. The molecular formula is C12H14N6O2S. The molecule has 3 rings (SSSR count). The topological polar surface area (TPSA) is 97.3 Å². The number of fused-ring (bicyclic) bond motifs is 1. The van der Waals surface area contributed by atoms with Crippen molar-refractivity contribution in [2.45, 2.75) is 19.9 Å². The van der Waals surface area contributed by atoms with Crippen molar-refractivity contribution in [2.24, 2.45) is 0 Å². The van der Waals surface area contributed by atoms with Crippen molar-refractivity contribution >= 4 is 27.3 Å². The van der Waals surface area contributed by atoms with Crippen molar-refractivity contribution in [3.8, 4) is 0 Å². The third kappa shape index (κ3) is 2.72. The van der Waals surface area contributed by atoms with Crippen LogP contribution in [0.1, 0.15) is 23.1 Å². The molecule has 0 fully saturated rings. The van der Waals surface area contributed by atoms with E-state index in [4.69, 9.17) is 5.11 Å². The molecule has 0 bridgehead atoms. The number of carboxylic acids is 1. The van der Waals surface area contributed by atoms with Gasteiger partial charge >= 0.3 is 5.97 Å². The number of rotatable bonds is 6. The third-order valence-electron chi connectivity index (χ3n) is 2.98. The normalized spacial score (nSPS) is 11.1. The van der Waals surface area contributed by atoms with Crippen molar-refractivity contribution in [1.29, 1.82) is 0 Å². The van der Waals surface area contributed by atoms with E-state index in [0.717, 1.165) is 18.7 Å². The highest BCUT2D eigenvalue weighted by atomic mass is 32.1. The lowest BCUT2D eigenvalue weighted by Gasteiger charge is -1.99. The zero-order valence-electron chi connectivity index (χ0n) is 11.4. The number of aromatic carboxylic acids is 1. The van der Waals surface area contributed by atoms with Gasteiger partial charge in [0.05, 0.1) is 5.69 Å². The van der Waals surface area contributed by atoms with Crippen LogP contribution in [0, 0.1) is 0 Å². The molecule has 8 nitrogen and oxygen atoms in total. The molecule has 2 N–H and O–H groups in total. The summed E-state index contributed by atoms with van der Waals surface area (Å²) >= 11 is 1.28. The molecule has 21 heavy (non-hydrogen) atoms. The lowest BCUT2D eigenvalue weighted by atomic mass is 10.3. The first-order valence-electron chi connectivity index (χ1n) is 6.51. The van der Waals surface area contributed by atoms with Crippen molar-refractivity contribution in [3.63, 3.8) is 0 Å². The number of anilines is 1. The molecule has 0 aliphatic carbocycles. The van der Waals surface area contributed by atoms with Crippen LogP contribution in [0.2, 0.25) is 0 Å². The summed E-state index contributed by atoms with van der Waals surface area (Å²) in [6, 6.07) is 1.99. The highest BCUT2D eigenvalue weighted by Gasteiger charge is 2.15. The van der Waals surface area contributed by atoms with Crippen LogP contribution in [-0.4, -0.2) is 42.0 Å². The number of aryl methyl sites for hydroxylation is 1. The molecule has 0 radical (unpaired) electrons. The minimum Gasteiger partial charge on any atom is -0.476 e. The molecule has 0 aliphatic rings. The van der Waals surface area contributed by atoms with E-state index in [9.17, 15) is 4.79 Å². The zero-order valence-corrected chi connectivity index (χ0v) is 12.2. The Morgan fingerprint density at radius 2 is 2.33 bits per heavy atom. The molecule has 0 atom stereocenters. The van der Waals surface area contributed by atoms with Gasteiger partial charge in [0.15, 0.2) is 10.5 Å². The number of carbonyl (C=O) groups is 1. The lowest BCUT2D eigenvalue weighted by Crippen LogP contribution is -2.06. The van der Waals surface area contributed by atoms with Gasteiger partial charge in [-0.15, -0.1) is 5.10 Å². The van der Waals surface area contributed by atoms with Crippen LogP contribution in [0.25, 0.3) is 4.83 Å². The van der Waals surface area contributed by atoms with Gasteiger partial charge in [0.2, 0.25) is 5.13 Å². The Morgan fingerprint density at radius 1 is 1.48 bits per heavy atom. The molecule has 110 valence electrons. The molecule has 3 aromatic rings. The first-order valence-corrected chi connectivity index (χ1v) is 7.32. The number of nitrogens with one attached hydrogen (secondary N) is 1. The maximum absolute atomic E-state index is 11.0. The minimum absolute atomic E-state index is 0.0299. The maximum atomic E-state index is 11.0. The summed E-state index contributed by atoms with van der Waals surface area (Å²) in [5, 5.41) is 21.5. The van der Waals surface area contributed by atoms with E-state index >= 15 is 0 Å². The standard InChI is InChI=1S/C12H14N6O2S/c1-2-17-6-4-8(15-17)3-5-13-12-16-18-7-14-9(11(19)20)10(18)21-12/h4,6-7H,2-3,5H2,1H3,(H,13,16)(H,19,20). The van der Waals surface area contributed by atoms with Gasteiger partial charge in [-0.25, -0.2) is 14.3 Å². The molecule has 9 heteroatoms. The van der Waals surface area contributed by atoms with E-state index in [0.29, 0.717) is 16.5 Å². The van der Waals surface area contributed by atoms with Gasteiger partial charge in [-0.05, 0) is 13.0 Å². The van der Waals surface area contributed by atoms with Gasteiger partial charge in [-0.3, -0.25) is 4.68 Å². The van der Waals surface area contributed by atoms with Crippen molar-refractivity contribution in [3.05, 3.63) is 30.0 Å². The van der Waals surface area contributed by atoms with Crippen LogP contribution in [0.15, 0.2) is 18.6 Å². The van der Waals surface area contributed by atoms with E-state index in [1.54, 1.807) is 0 Å². The Morgan fingerprint density at radius 3 is 3.05 bits per heavy atom. The fourth-order valence-electron chi connectivity index (χ4n) is 1.93. The fraction of sp³-hybridized carbons (Fsp3) is 0.333. The number of carboxylic acid groups (broad SMARTS) is 1. The Bertz CT molecular complexity index is 774. The van der Waals surface area contributed by atoms with Crippen LogP contribution < -0.4 is 5.32 Å². The second kappa shape index (κ2) is 5.52. The summed E-state index contributed by atoms with van der Waals surface area (Å²) in [4.78, 5) is 15.3. The highest BCUT2D eigenvalue weighted by molar-refractivity contribution is 7.21. The molecule has 0 amide bonds. The number of nitrogens with zero attached hydrogens (tertiary/aromatic N) is 5. The second-order valence-corrected chi connectivity index (χ2v) is 5.37. The predicted molar refractivity (Wildman–Crippen MR) is 77.9 cm³/mol. The van der Waals surface area contributed by atoms with Gasteiger partial charge in [-0.1, -0.05) is 11.3 Å². The Kier molecular flexibility index (Phi) is 3.57. The van der Waals surface area contributed by atoms with Crippen molar-refractivity contribution in [2.75, 3.05) is 11.9 Å². The van der Waals surface area contributed by atoms with E-state index in [-0.39, 0.29) is 5.69 Å². The molecule has 0 spiro atoms. The van der Waals surface area contributed by atoms with Crippen LogP contribution in [-0.2, 0) is 13.0 Å². The van der Waals surface area contributed by atoms with Gasteiger partial charge < -0.3 is 10.4 Å². The van der Waals surface area contributed by atoms with E-state index in [2.05, 4.69) is 20.5 Å². The first kappa shape index (κ1) is 13.6. The maximum Gasteiger partial charge on any atom is 0.357 e.